The molecule has 0 aliphatic heterocycles. The average Bonchev–Trinajstić information content (AvgIpc) is 2.79. The number of primary amides is 1. The molecule has 94 valence electrons. The van der Waals surface area contributed by atoms with E-state index in [1.54, 1.807) is 6.07 Å². The molecule has 0 aromatic carbocycles. The molecule has 18 heavy (non-hydrogen) atoms. The number of hydrogen-bond acceptors (Lipinski definition) is 3. The van der Waals surface area contributed by atoms with Crippen molar-refractivity contribution >= 4 is 23.5 Å². The number of nitrogens with two attached hydrogens (primary N) is 1. The van der Waals surface area contributed by atoms with Gasteiger partial charge in [-0.3, -0.25) is 9.59 Å². The predicted octanol–water partition coefficient (Wildman–Crippen LogP) is 2.38. The number of hydrogen-bond donors (Lipinski definition) is 1. The standard InChI is InChI=1S/C13H14N2O2S/c1-7-4-10(6-16)9(3)15(7)13-11(12(14)17)5-8(2)18-13/h4-6H,1-3H3,(H2,14,17). The number of thiophene rings is 1. The zero-order chi connectivity index (χ0) is 13.4. The maximum absolute atomic E-state index is 11.5. The normalized spacial score (nSPS) is 10.6. The second-order valence-corrected chi connectivity index (χ2v) is 5.45. The van der Waals surface area contributed by atoms with Gasteiger partial charge < -0.3 is 10.3 Å². The Kier molecular flexibility index (Phi) is 3.09. The summed E-state index contributed by atoms with van der Waals surface area (Å²) in [6, 6.07) is 3.59. The van der Waals surface area contributed by atoms with Crippen LogP contribution in [0.3, 0.4) is 0 Å². The van der Waals surface area contributed by atoms with Crippen LogP contribution in [0, 0.1) is 20.8 Å². The lowest BCUT2D eigenvalue weighted by Gasteiger charge is -2.08. The molecular formula is C13H14N2O2S. The van der Waals surface area contributed by atoms with Crippen LogP contribution in [-0.2, 0) is 0 Å². The van der Waals surface area contributed by atoms with Gasteiger partial charge in [-0.05, 0) is 32.9 Å². The third-order valence-electron chi connectivity index (χ3n) is 2.90. The van der Waals surface area contributed by atoms with E-state index >= 15 is 0 Å². The Morgan fingerprint density at radius 3 is 2.50 bits per heavy atom. The van der Waals surface area contributed by atoms with Gasteiger partial charge in [-0.25, -0.2) is 0 Å². The SMILES string of the molecule is Cc1cc(C(N)=O)c(-n2c(C)cc(C=O)c2C)s1. The highest BCUT2D eigenvalue weighted by Crippen LogP contribution is 2.29. The molecule has 0 saturated carbocycles. The Labute approximate surface area is 109 Å². The van der Waals surface area contributed by atoms with Crippen LogP contribution in [0.2, 0.25) is 0 Å². The summed E-state index contributed by atoms with van der Waals surface area (Å²) in [4.78, 5) is 23.4. The minimum absolute atomic E-state index is 0.450. The van der Waals surface area contributed by atoms with Crippen molar-refractivity contribution in [2.75, 3.05) is 0 Å². The molecule has 4 nitrogen and oxygen atoms in total. The molecule has 0 bridgehead atoms. The van der Waals surface area contributed by atoms with Crippen molar-refractivity contribution in [2.24, 2.45) is 5.73 Å². The number of carbonyl (C=O) groups excluding carboxylic acids is 2. The Hall–Kier alpha value is -1.88. The quantitative estimate of drug-likeness (QED) is 0.863. The van der Waals surface area contributed by atoms with Crippen molar-refractivity contribution in [3.05, 3.63) is 39.5 Å². The summed E-state index contributed by atoms with van der Waals surface area (Å²) < 4.78 is 1.90. The van der Waals surface area contributed by atoms with E-state index in [-0.39, 0.29) is 0 Å². The fourth-order valence-electron chi connectivity index (χ4n) is 2.06. The highest BCUT2D eigenvalue weighted by molar-refractivity contribution is 7.14. The Morgan fingerprint density at radius 2 is 2.00 bits per heavy atom. The van der Waals surface area contributed by atoms with Gasteiger partial charge in [0.1, 0.15) is 5.00 Å². The summed E-state index contributed by atoms with van der Waals surface area (Å²) in [5, 5.41) is 0.781. The molecule has 0 unspecified atom stereocenters. The monoisotopic (exact) mass is 262 g/mol. The number of aldehydes is 1. The first-order chi connectivity index (χ1) is 8.45. The second kappa shape index (κ2) is 4.42. The fraction of sp³-hybridized carbons (Fsp3) is 0.231. The first-order valence-corrected chi connectivity index (χ1v) is 6.32. The van der Waals surface area contributed by atoms with Crippen molar-refractivity contribution in [1.29, 1.82) is 0 Å². The molecule has 2 aromatic heterocycles. The average molecular weight is 262 g/mol. The number of aromatic nitrogens is 1. The van der Waals surface area contributed by atoms with E-state index in [1.807, 2.05) is 31.4 Å². The van der Waals surface area contributed by atoms with Crippen LogP contribution in [0.15, 0.2) is 12.1 Å². The number of aryl methyl sites for hydroxylation is 2. The zero-order valence-corrected chi connectivity index (χ0v) is 11.3. The largest absolute Gasteiger partial charge is 0.366 e. The molecule has 2 rings (SSSR count). The molecule has 2 heterocycles. The van der Waals surface area contributed by atoms with E-state index in [9.17, 15) is 9.59 Å². The Balaban J connectivity index is 2.72. The summed E-state index contributed by atoms with van der Waals surface area (Å²) in [6.45, 7) is 5.69. The molecule has 0 saturated heterocycles. The van der Waals surface area contributed by atoms with E-state index in [0.717, 1.165) is 27.6 Å². The van der Waals surface area contributed by atoms with Crippen molar-refractivity contribution in [3.8, 4) is 5.00 Å². The molecular weight excluding hydrogens is 248 g/mol. The van der Waals surface area contributed by atoms with E-state index < -0.39 is 5.91 Å². The van der Waals surface area contributed by atoms with E-state index in [4.69, 9.17) is 5.73 Å². The van der Waals surface area contributed by atoms with E-state index in [0.29, 0.717) is 11.1 Å². The van der Waals surface area contributed by atoms with Crippen LogP contribution in [0.4, 0.5) is 0 Å². The maximum Gasteiger partial charge on any atom is 0.251 e. The highest BCUT2D eigenvalue weighted by atomic mass is 32.1. The summed E-state index contributed by atoms with van der Waals surface area (Å²) in [7, 11) is 0. The smallest absolute Gasteiger partial charge is 0.251 e. The van der Waals surface area contributed by atoms with Gasteiger partial charge in [0.05, 0.1) is 5.56 Å². The zero-order valence-electron chi connectivity index (χ0n) is 10.5. The van der Waals surface area contributed by atoms with Crippen molar-refractivity contribution in [3.63, 3.8) is 0 Å². The molecule has 0 spiro atoms. The molecule has 5 heteroatoms. The number of amides is 1. The lowest BCUT2D eigenvalue weighted by molar-refractivity contribution is 0.1000. The predicted molar refractivity (Wildman–Crippen MR) is 71.8 cm³/mol. The minimum Gasteiger partial charge on any atom is -0.366 e. The molecule has 2 aromatic rings. The van der Waals surface area contributed by atoms with Gasteiger partial charge in [0.2, 0.25) is 0 Å². The first kappa shape index (κ1) is 12.6. The summed E-state index contributed by atoms with van der Waals surface area (Å²) >= 11 is 1.49. The molecule has 1 amide bonds. The molecule has 0 fully saturated rings. The van der Waals surface area contributed by atoms with Gasteiger partial charge in [-0.1, -0.05) is 0 Å². The van der Waals surface area contributed by atoms with Crippen LogP contribution < -0.4 is 5.73 Å². The summed E-state index contributed by atoms with van der Waals surface area (Å²) in [5.74, 6) is -0.450. The topological polar surface area (TPSA) is 65.1 Å². The third-order valence-corrected chi connectivity index (χ3v) is 3.94. The van der Waals surface area contributed by atoms with Gasteiger partial charge in [-0.2, -0.15) is 0 Å². The number of carbonyl (C=O) groups is 2. The van der Waals surface area contributed by atoms with E-state index in [2.05, 4.69) is 0 Å². The fourth-order valence-corrected chi connectivity index (χ4v) is 3.19. The summed E-state index contributed by atoms with van der Waals surface area (Å²) in [6.07, 6.45) is 0.823. The molecule has 0 radical (unpaired) electrons. The lowest BCUT2D eigenvalue weighted by Crippen LogP contribution is -2.13. The first-order valence-electron chi connectivity index (χ1n) is 5.50. The molecule has 2 N–H and O–H groups in total. The minimum atomic E-state index is -0.450. The van der Waals surface area contributed by atoms with Crippen molar-refractivity contribution < 1.29 is 9.59 Å². The van der Waals surface area contributed by atoms with Gasteiger partial charge in [0.25, 0.3) is 5.91 Å². The van der Waals surface area contributed by atoms with Gasteiger partial charge in [0, 0.05) is 21.8 Å². The van der Waals surface area contributed by atoms with E-state index in [1.165, 1.54) is 11.3 Å². The summed E-state index contributed by atoms with van der Waals surface area (Å²) in [5.41, 5.74) is 8.26. The lowest BCUT2D eigenvalue weighted by atomic mass is 10.2. The highest BCUT2D eigenvalue weighted by Gasteiger charge is 2.18. The van der Waals surface area contributed by atoms with Crippen molar-refractivity contribution in [1.82, 2.24) is 4.57 Å². The third kappa shape index (κ3) is 1.86. The Bertz CT molecular complexity index is 638. The van der Waals surface area contributed by atoms with Gasteiger partial charge >= 0.3 is 0 Å². The maximum atomic E-state index is 11.5. The van der Waals surface area contributed by atoms with Gasteiger partial charge in [0.15, 0.2) is 6.29 Å². The molecule has 0 aliphatic rings. The van der Waals surface area contributed by atoms with Crippen molar-refractivity contribution in [2.45, 2.75) is 20.8 Å². The van der Waals surface area contributed by atoms with Crippen LogP contribution in [0.25, 0.3) is 5.00 Å². The number of nitrogens with zero attached hydrogens (tertiary/aromatic N) is 1. The van der Waals surface area contributed by atoms with Crippen LogP contribution in [0.1, 0.15) is 37.0 Å². The second-order valence-electron chi connectivity index (χ2n) is 4.22. The van der Waals surface area contributed by atoms with Crippen LogP contribution >= 0.6 is 11.3 Å². The molecule has 0 aliphatic carbocycles. The van der Waals surface area contributed by atoms with Gasteiger partial charge in [-0.15, -0.1) is 11.3 Å². The number of rotatable bonds is 3. The van der Waals surface area contributed by atoms with Crippen LogP contribution in [-0.4, -0.2) is 16.8 Å². The Morgan fingerprint density at radius 1 is 1.33 bits per heavy atom. The van der Waals surface area contributed by atoms with Crippen LogP contribution in [0.5, 0.6) is 0 Å². The molecule has 0 atom stereocenters.